The molecule has 1 fully saturated rings. The number of nitrogens with zero attached hydrogens (tertiary/aromatic N) is 3. The normalized spacial score (nSPS) is 15.3. The smallest absolute Gasteiger partial charge is 0.162 e. The second-order valence-corrected chi connectivity index (χ2v) is 8.89. The Bertz CT molecular complexity index is 1360. The van der Waals surface area contributed by atoms with Crippen LogP contribution in [0.25, 0.3) is 28.4 Å². The van der Waals surface area contributed by atoms with Gasteiger partial charge in [-0.15, -0.1) is 0 Å². The van der Waals surface area contributed by atoms with Crippen molar-refractivity contribution >= 4 is 28.5 Å². The first-order valence-electron chi connectivity index (χ1n) is 12.2. The van der Waals surface area contributed by atoms with E-state index < -0.39 is 0 Å². The van der Waals surface area contributed by atoms with Gasteiger partial charge in [0.05, 0.1) is 18.7 Å². The van der Waals surface area contributed by atoms with E-state index in [4.69, 9.17) is 19.4 Å². The fourth-order valence-corrected chi connectivity index (χ4v) is 4.59. The van der Waals surface area contributed by atoms with Crippen LogP contribution in [0.15, 0.2) is 72.8 Å². The zero-order valence-corrected chi connectivity index (χ0v) is 19.6. The average molecular weight is 465 g/mol. The van der Waals surface area contributed by atoms with Crippen LogP contribution in [0.5, 0.6) is 5.75 Å². The highest BCUT2D eigenvalue weighted by molar-refractivity contribution is 5.93. The first-order chi connectivity index (χ1) is 17.3. The van der Waals surface area contributed by atoms with Gasteiger partial charge in [0.2, 0.25) is 0 Å². The van der Waals surface area contributed by atoms with Gasteiger partial charge in [-0.25, -0.2) is 9.97 Å². The van der Waals surface area contributed by atoms with E-state index in [1.807, 2.05) is 48.5 Å². The molecule has 1 aliphatic carbocycles. The summed E-state index contributed by atoms with van der Waals surface area (Å²) < 4.78 is 11.6. The van der Waals surface area contributed by atoms with E-state index in [2.05, 4.69) is 40.6 Å². The molecule has 1 N–H and O–H groups in total. The molecule has 6 rings (SSSR count). The zero-order valence-electron chi connectivity index (χ0n) is 19.6. The van der Waals surface area contributed by atoms with Crippen LogP contribution in [0.2, 0.25) is 0 Å². The Morgan fingerprint density at radius 2 is 1.83 bits per heavy atom. The molecular formula is C29H28N4O2. The Morgan fingerprint density at radius 1 is 0.943 bits per heavy atom. The van der Waals surface area contributed by atoms with Crippen LogP contribution >= 0.6 is 0 Å². The highest BCUT2D eigenvalue weighted by Gasteiger charge is 2.14. The molecule has 4 aromatic rings. The van der Waals surface area contributed by atoms with E-state index in [9.17, 15) is 0 Å². The van der Waals surface area contributed by atoms with Crippen LogP contribution in [0.3, 0.4) is 0 Å². The molecule has 176 valence electrons. The summed E-state index contributed by atoms with van der Waals surface area (Å²) in [5.74, 6) is 2.29. The van der Waals surface area contributed by atoms with E-state index in [0.29, 0.717) is 12.4 Å². The summed E-state index contributed by atoms with van der Waals surface area (Å²) in [7, 11) is 0. The van der Waals surface area contributed by atoms with Crippen LogP contribution in [0, 0.1) is 0 Å². The maximum atomic E-state index is 6.12. The monoisotopic (exact) mass is 464 g/mol. The summed E-state index contributed by atoms with van der Waals surface area (Å²) in [6.07, 6.45) is 5.37. The Hall–Kier alpha value is -3.74. The van der Waals surface area contributed by atoms with Crippen LogP contribution in [-0.4, -0.2) is 54.3 Å². The quantitative estimate of drug-likeness (QED) is 0.399. The number of benzene rings is 3. The van der Waals surface area contributed by atoms with Crippen molar-refractivity contribution in [1.29, 1.82) is 0 Å². The lowest BCUT2D eigenvalue weighted by Crippen LogP contribution is -2.38. The van der Waals surface area contributed by atoms with Crippen molar-refractivity contribution in [3.63, 3.8) is 0 Å². The molecule has 6 nitrogen and oxygen atoms in total. The highest BCUT2D eigenvalue weighted by atomic mass is 16.5. The van der Waals surface area contributed by atoms with Crippen LogP contribution in [0.1, 0.15) is 11.1 Å². The number of hydrogen-bond acceptors (Lipinski definition) is 6. The lowest BCUT2D eigenvalue weighted by molar-refractivity contribution is 0.0322. The van der Waals surface area contributed by atoms with Crippen LogP contribution in [-0.2, 0) is 11.2 Å². The fourth-order valence-electron chi connectivity index (χ4n) is 4.59. The molecule has 35 heavy (non-hydrogen) atoms. The number of rotatable bonds is 7. The molecule has 0 saturated carbocycles. The van der Waals surface area contributed by atoms with Crippen LogP contribution in [0.4, 0.5) is 11.5 Å². The summed E-state index contributed by atoms with van der Waals surface area (Å²) in [4.78, 5) is 12.2. The van der Waals surface area contributed by atoms with E-state index in [1.165, 1.54) is 11.1 Å². The number of morpholine rings is 1. The summed E-state index contributed by atoms with van der Waals surface area (Å²) in [6, 6.07) is 22.6. The SMILES string of the molecule is C1=Cc2cc(Nc3nc(-c4ccccc4)nc4ccc(OCCN5CCOCC5)cc34)ccc2C1. The molecule has 1 aromatic heterocycles. The van der Waals surface area contributed by atoms with Gasteiger partial charge in [0.25, 0.3) is 0 Å². The Morgan fingerprint density at radius 3 is 2.71 bits per heavy atom. The standard InChI is InChI=1S/C29H28N4O2/c1-2-5-22(6-3-1)28-31-27-12-11-25(35-18-15-33-13-16-34-17-14-33)20-26(27)29(32-28)30-24-10-9-21-7-4-8-23(21)19-24/h1-6,8-12,19-20H,7,13-18H2,(H,30,31,32). The summed E-state index contributed by atoms with van der Waals surface area (Å²) in [5, 5.41) is 4.49. The first-order valence-corrected chi connectivity index (χ1v) is 12.2. The molecular weight excluding hydrogens is 436 g/mol. The Balaban J connectivity index is 1.31. The predicted molar refractivity (Wildman–Crippen MR) is 140 cm³/mol. The number of ether oxygens (including phenoxy) is 2. The third-order valence-electron chi connectivity index (χ3n) is 6.52. The van der Waals surface area contributed by atoms with Gasteiger partial charge in [0.1, 0.15) is 18.2 Å². The number of anilines is 2. The highest BCUT2D eigenvalue weighted by Crippen LogP contribution is 2.31. The largest absolute Gasteiger partial charge is 0.492 e. The minimum absolute atomic E-state index is 0.633. The maximum Gasteiger partial charge on any atom is 0.162 e. The predicted octanol–water partition coefficient (Wildman–Crippen LogP) is 5.32. The summed E-state index contributed by atoms with van der Waals surface area (Å²) >= 11 is 0. The summed E-state index contributed by atoms with van der Waals surface area (Å²) in [6.45, 7) is 5.03. The lowest BCUT2D eigenvalue weighted by atomic mass is 10.1. The number of aromatic nitrogens is 2. The van der Waals surface area contributed by atoms with Crippen molar-refractivity contribution < 1.29 is 9.47 Å². The van der Waals surface area contributed by atoms with Gasteiger partial charge in [0.15, 0.2) is 5.82 Å². The topological polar surface area (TPSA) is 59.5 Å². The molecule has 0 bridgehead atoms. The molecule has 0 unspecified atom stereocenters. The van der Waals surface area contributed by atoms with Crippen molar-refractivity contribution in [2.45, 2.75) is 6.42 Å². The van der Waals surface area contributed by atoms with E-state index >= 15 is 0 Å². The number of fused-ring (bicyclic) bond motifs is 2. The molecule has 6 heteroatoms. The molecule has 3 aromatic carbocycles. The molecule has 0 spiro atoms. The molecule has 0 radical (unpaired) electrons. The third-order valence-corrected chi connectivity index (χ3v) is 6.52. The third kappa shape index (κ3) is 4.90. The van der Waals surface area contributed by atoms with E-state index in [0.717, 1.165) is 73.0 Å². The Kier molecular flexibility index (Phi) is 6.13. The molecule has 0 atom stereocenters. The second kappa shape index (κ2) is 9.86. The second-order valence-electron chi connectivity index (χ2n) is 8.89. The Labute approximate surface area is 205 Å². The number of allylic oxidation sites excluding steroid dienone is 1. The van der Waals surface area contributed by atoms with Crippen molar-refractivity contribution in [3.05, 3.63) is 83.9 Å². The number of nitrogens with one attached hydrogen (secondary N) is 1. The van der Waals surface area contributed by atoms with Gasteiger partial charge < -0.3 is 14.8 Å². The van der Waals surface area contributed by atoms with Gasteiger partial charge in [-0.1, -0.05) is 48.6 Å². The van der Waals surface area contributed by atoms with Gasteiger partial charge in [0, 0.05) is 36.3 Å². The van der Waals surface area contributed by atoms with Gasteiger partial charge >= 0.3 is 0 Å². The van der Waals surface area contributed by atoms with Crippen molar-refractivity contribution in [2.24, 2.45) is 0 Å². The molecule has 1 saturated heterocycles. The first kappa shape index (κ1) is 21.8. The summed E-state index contributed by atoms with van der Waals surface area (Å²) in [5.41, 5.74) is 5.48. The van der Waals surface area contributed by atoms with Crippen molar-refractivity contribution in [2.75, 3.05) is 44.8 Å². The van der Waals surface area contributed by atoms with Crippen LogP contribution < -0.4 is 10.1 Å². The average Bonchev–Trinajstić information content (AvgIpc) is 3.38. The van der Waals surface area contributed by atoms with Crippen molar-refractivity contribution in [3.8, 4) is 17.1 Å². The lowest BCUT2D eigenvalue weighted by Gasteiger charge is -2.26. The molecule has 1 aliphatic heterocycles. The van der Waals surface area contributed by atoms with Gasteiger partial charge in [-0.05, 0) is 47.9 Å². The minimum atomic E-state index is 0.633. The van der Waals surface area contributed by atoms with E-state index in [-0.39, 0.29) is 0 Å². The molecule has 0 amide bonds. The fraction of sp³-hybridized carbons (Fsp3) is 0.241. The number of hydrogen-bond donors (Lipinski definition) is 1. The van der Waals surface area contributed by atoms with Gasteiger partial charge in [-0.2, -0.15) is 0 Å². The van der Waals surface area contributed by atoms with E-state index in [1.54, 1.807) is 0 Å². The molecule has 2 aliphatic rings. The van der Waals surface area contributed by atoms with Crippen molar-refractivity contribution in [1.82, 2.24) is 14.9 Å². The van der Waals surface area contributed by atoms with Gasteiger partial charge in [-0.3, -0.25) is 4.90 Å². The molecule has 2 heterocycles. The maximum absolute atomic E-state index is 6.12. The minimum Gasteiger partial charge on any atom is -0.492 e. The zero-order chi connectivity index (χ0) is 23.5.